The summed E-state index contributed by atoms with van der Waals surface area (Å²) in [5.41, 5.74) is 15.4. The van der Waals surface area contributed by atoms with Gasteiger partial charge in [-0.1, -0.05) is 243 Å². The van der Waals surface area contributed by atoms with E-state index >= 15 is 0 Å². The number of nitrogens with zero attached hydrogens (tertiary/aromatic N) is 17. The van der Waals surface area contributed by atoms with Gasteiger partial charge in [0.05, 0.1) is 62.3 Å². The second kappa shape index (κ2) is 29.2. The Morgan fingerprint density at radius 3 is 0.612 bits per heavy atom. The topological polar surface area (TPSA) is 236 Å². The van der Waals surface area contributed by atoms with E-state index in [1.807, 2.05) is 291 Å². The Morgan fingerprint density at radius 2 is 0.397 bits per heavy atom. The molecule has 14 aromatic carbocycles. The van der Waals surface area contributed by atoms with Crippen LogP contribution >= 0.6 is 0 Å². The van der Waals surface area contributed by atoms with E-state index in [9.17, 15) is 15.8 Å². The minimum Gasteiger partial charge on any atom is -0.309 e. The van der Waals surface area contributed by atoms with Crippen LogP contribution in [0.15, 0.2) is 346 Å². The summed E-state index contributed by atoms with van der Waals surface area (Å²) in [7, 11) is 0. The summed E-state index contributed by atoms with van der Waals surface area (Å²) < 4.78 is 4.25. The number of fused-ring (bicyclic) bond motifs is 6. The zero-order chi connectivity index (χ0) is 77.6. The molecule has 0 bridgehead atoms. The van der Waals surface area contributed by atoms with Gasteiger partial charge >= 0.3 is 0 Å². The van der Waals surface area contributed by atoms with E-state index in [1.165, 1.54) is 0 Å². The van der Waals surface area contributed by atoms with Crippen LogP contribution in [0.1, 0.15) is 16.7 Å². The van der Waals surface area contributed by atoms with E-state index in [0.717, 1.165) is 88.1 Å². The highest BCUT2D eigenvalue weighted by Gasteiger charge is 2.27. The smallest absolute Gasteiger partial charge is 0.164 e. The molecule has 0 saturated heterocycles. The first-order valence-corrected chi connectivity index (χ1v) is 37.5. The first-order valence-electron chi connectivity index (χ1n) is 37.5. The second-order valence-corrected chi connectivity index (χ2v) is 27.8. The predicted molar refractivity (Wildman–Crippen MR) is 453 cm³/mol. The molecule has 0 aliphatic carbocycles. The number of benzene rings is 14. The quantitative estimate of drug-likeness (QED) is 0.0928. The predicted octanol–water partition coefficient (Wildman–Crippen LogP) is 21.9. The van der Waals surface area contributed by atoms with Crippen molar-refractivity contribution < 1.29 is 0 Å². The van der Waals surface area contributed by atoms with Crippen LogP contribution in [0.5, 0.6) is 0 Å². The molecule has 0 spiro atoms. The van der Waals surface area contributed by atoms with Gasteiger partial charge in [0, 0.05) is 93.9 Å². The maximum absolute atomic E-state index is 12.2. The summed E-state index contributed by atoms with van der Waals surface area (Å²) in [6, 6.07) is 120. The van der Waals surface area contributed by atoms with Gasteiger partial charge in [0.25, 0.3) is 0 Å². The molecule has 0 N–H and O–H groups in total. The molecule has 0 atom stereocenters. The monoisotopic (exact) mass is 1480 g/mol. The fourth-order valence-corrected chi connectivity index (χ4v) is 15.1. The number of aromatic nitrogens is 14. The summed E-state index contributed by atoms with van der Waals surface area (Å²) in [6.45, 7) is 0. The zero-order valence-electron chi connectivity index (χ0n) is 61.5. The lowest BCUT2D eigenvalue weighted by molar-refractivity contribution is 1.07. The van der Waals surface area contributed by atoms with Crippen molar-refractivity contribution in [2.75, 3.05) is 0 Å². The molecule has 116 heavy (non-hydrogen) atoms. The van der Waals surface area contributed by atoms with Gasteiger partial charge in [-0.2, -0.15) is 15.8 Å². The Morgan fingerprint density at radius 1 is 0.181 bits per heavy atom. The molecule has 6 aromatic heterocycles. The van der Waals surface area contributed by atoms with E-state index in [0.29, 0.717) is 120 Å². The molecule has 0 aliphatic heterocycles. The summed E-state index contributed by atoms with van der Waals surface area (Å²) in [6.07, 6.45) is 0. The fourth-order valence-electron chi connectivity index (χ4n) is 15.1. The van der Waals surface area contributed by atoms with Crippen LogP contribution in [-0.2, 0) is 0 Å². The van der Waals surface area contributed by atoms with Crippen molar-refractivity contribution in [2.45, 2.75) is 0 Å². The highest BCUT2D eigenvalue weighted by molar-refractivity contribution is 6.14. The van der Waals surface area contributed by atoms with Gasteiger partial charge in [-0.15, -0.1) is 0 Å². The van der Waals surface area contributed by atoms with Gasteiger partial charge in [-0.25, -0.2) is 59.8 Å². The lowest BCUT2D eigenvalue weighted by atomic mass is 9.96. The number of hydrogen-bond donors (Lipinski definition) is 0. The first kappa shape index (κ1) is 68.5. The van der Waals surface area contributed by atoms with Gasteiger partial charge in [0.15, 0.2) is 69.9 Å². The number of hydrogen-bond acceptors (Lipinski definition) is 15. The van der Waals surface area contributed by atoms with Gasteiger partial charge in [-0.05, 0) is 109 Å². The van der Waals surface area contributed by atoms with Crippen LogP contribution in [0, 0.1) is 34.0 Å². The fraction of sp³-hybridized carbons (Fsp3) is 0. The minimum absolute atomic E-state index is 0.266. The first-order chi connectivity index (χ1) is 57.3. The molecule has 6 heterocycles. The molecule has 17 heteroatoms. The molecule has 0 aliphatic rings. The zero-order valence-corrected chi connectivity index (χ0v) is 61.5. The minimum atomic E-state index is 0.266. The van der Waals surface area contributed by atoms with Gasteiger partial charge < -0.3 is 9.13 Å². The maximum Gasteiger partial charge on any atom is 0.164 e. The molecule has 17 nitrogen and oxygen atoms in total. The SMILES string of the molecule is N#Cc1cc(C#N)cc(-c2cc(-n3c4ccc(-c5nc(-c6ccccc6)nc(-c6ccccc6)n5)cc4c4cc(-c5nc(-c6ccccc6)nc(-c6ccccc6)n5)ccc43)c(C#N)cc2-n2c3ccc(-c4nc(-c5ccccc5)nc(-c5ccccc5)n4)cc3c3cc(-c4nc(-c5ccccc5)nc(-c5ccccc5)n4)ccc32)c1. The van der Waals surface area contributed by atoms with Crippen molar-refractivity contribution >= 4 is 43.6 Å². The van der Waals surface area contributed by atoms with Crippen molar-refractivity contribution in [2.24, 2.45) is 0 Å². The highest BCUT2D eigenvalue weighted by Crippen LogP contribution is 2.45. The third-order valence-electron chi connectivity index (χ3n) is 20.6. The van der Waals surface area contributed by atoms with Gasteiger partial charge in [0.1, 0.15) is 6.07 Å². The molecule has 0 unspecified atom stereocenters. The average Bonchev–Trinajstić information content (AvgIpc) is 1.61. The molecule has 0 radical (unpaired) electrons. The Hall–Kier alpha value is -16.8. The Bertz CT molecular complexity index is 6760. The van der Waals surface area contributed by atoms with Crippen LogP contribution < -0.4 is 0 Å². The largest absolute Gasteiger partial charge is 0.309 e. The Kier molecular flexibility index (Phi) is 17.2. The lowest BCUT2D eigenvalue weighted by Gasteiger charge is -2.19. The molecule has 0 amide bonds. The second-order valence-electron chi connectivity index (χ2n) is 27.8. The van der Waals surface area contributed by atoms with Crippen LogP contribution in [0.25, 0.3) is 203 Å². The maximum atomic E-state index is 12.2. The highest BCUT2D eigenvalue weighted by atomic mass is 15.1. The summed E-state index contributed by atoms with van der Waals surface area (Å²) in [5, 5.41) is 37.2. The third-order valence-corrected chi connectivity index (χ3v) is 20.6. The molecular weight excluding hydrogens is 1430 g/mol. The Balaban J connectivity index is 0.847. The van der Waals surface area contributed by atoms with E-state index in [1.54, 1.807) is 18.2 Å². The standard InChI is InChI=1S/C99H57N17/c100-58-61-49-62(59-101)51-75(50-61)77-57-86(115-82-45-41-71(96-107-88(63-25-9-1-10-26-63)103-89(108-96)64-27-11-2-12-28-64)52-78(82)79-53-72(42-46-83(79)115)97-109-90(65-29-13-3-14-30-65)104-91(110-97)66-31-15-4-16-32-66)76(60-102)56-87(77)116-84-47-43-73(98-111-92(67-33-17-5-18-34-67)105-93(112-98)68-35-19-6-20-36-68)54-80(84)81-55-74(44-48-85(81)116)99-113-94(69-37-21-7-22-38-69)106-95(114-99)70-39-23-8-24-40-70/h1-57H. The summed E-state index contributed by atoms with van der Waals surface area (Å²) in [4.78, 5) is 61.9. The van der Waals surface area contributed by atoms with Crippen molar-refractivity contribution in [3.63, 3.8) is 0 Å². The number of rotatable bonds is 15. The van der Waals surface area contributed by atoms with E-state index in [2.05, 4.69) is 63.7 Å². The lowest BCUT2D eigenvalue weighted by Crippen LogP contribution is -2.04. The summed E-state index contributed by atoms with van der Waals surface area (Å²) in [5.74, 6) is 5.79. The van der Waals surface area contributed by atoms with Crippen LogP contribution in [0.4, 0.5) is 0 Å². The van der Waals surface area contributed by atoms with E-state index in [4.69, 9.17) is 59.8 Å². The molecule has 20 aromatic rings. The van der Waals surface area contributed by atoms with Crippen LogP contribution in [-0.4, -0.2) is 68.9 Å². The van der Waals surface area contributed by atoms with Gasteiger partial charge in [-0.3, -0.25) is 0 Å². The van der Waals surface area contributed by atoms with Crippen LogP contribution in [0.2, 0.25) is 0 Å². The molecule has 20 rings (SSSR count). The van der Waals surface area contributed by atoms with Gasteiger partial charge in [0.2, 0.25) is 0 Å². The number of nitriles is 3. The molecule has 0 fully saturated rings. The molecule has 0 saturated carbocycles. The normalized spacial score (nSPS) is 11.2. The van der Waals surface area contributed by atoms with Crippen molar-refractivity contribution in [1.82, 2.24) is 68.9 Å². The van der Waals surface area contributed by atoms with Crippen molar-refractivity contribution in [3.05, 3.63) is 362 Å². The van der Waals surface area contributed by atoms with Crippen molar-refractivity contribution in [3.8, 4) is 177 Å². The molecule has 538 valence electrons. The van der Waals surface area contributed by atoms with Crippen LogP contribution in [0.3, 0.4) is 0 Å². The van der Waals surface area contributed by atoms with Crippen molar-refractivity contribution in [1.29, 1.82) is 15.8 Å². The Labute approximate surface area is 664 Å². The third kappa shape index (κ3) is 12.8. The summed E-state index contributed by atoms with van der Waals surface area (Å²) >= 11 is 0. The van der Waals surface area contributed by atoms with E-state index < -0.39 is 0 Å². The molecular formula is C99H57N17. The average molecular weight is 1480 g/mol. The van der Waals surface area contributed by atoms with E-state index in [-0.39, 0.29) is 11.1 Å².